The Bertz CT molecular complexity index is 822. The Morgan fingerprint density at radius 3 is 2.26 bits per heavy atom. The zero-order valence-electron chi connectivity index (χ0n) is 17.6. The highest BCUT2D eigenvalue weighted by Crippen LogP contribution is 2.39. The second kappa shape index (κ2) is 6.55. The van der Waals surface area contributed by atoms with Crippen LogP contribution in [0.4, 0.5) is 0 Å². The quantitative estimate of drug-likeness (QED) is 0.726. The van der Waals surface area contributed by atoms with Gasteiger partial charge >= 0.3 is 7.12 Å². The Balaban J connectivity index is 1.60. The van der Waals surface area contributed by atoms with Crippen LogP contribution < -0.4 is 5.46 Å². The van der Waals surface area contributed by atoms with Gasteiger partial charge in [-0.25, -0.2) is 4.98 Å². The fraction of sp³-hybridized carbons (Fsp3) is 0.667. The maximum Gasteiger partial charge on any atom is 0.494 e. The third-order valence-electron chi connectivity index (χ3n) is 6.94. The van der Waals surface area contributed by atoms with E-state index < -0.39 is 0 Å². The van der Waals surface area contributed by atoms with Crippen molar-refractivity contribution in [2.24, 2.45) is 0 Å². The summed E-state index contributed by atoms with van der Waals surface area (Å²) < 4.78 is 13.7. The molecule has 146 valence electrons. The van der Waals surface area contributed by atoms with Gasteiger partial charge in [-0.3, -0.25) is 0 Å². The molecule has 2 aliphatic rings. The molecule has 3 heterocycles. The van der Waals surface area contributed by atoms with Gasteiger partial charge in [0.1, 0.15) is 0 Å². The molecule has 0 radical (unpaired) electrons. The number of hydrogen-bond donors (Lipinski definition) is 0. The fourth-order valence-electron chi connectivity index (χ4n) is 4.15. The summed E-state index contributed by atoms with van der Waals surface area (Å²) >= 11 is 1.85. The minimum Gasteiger partial charge on any atom is -0.399 e. The largest absolute Gasteiger partial charge is 0.494 e. The molecular formula is C21H31BN2O2S. The first-order valence-electron chi connectivity index (χ1n) is 10.1. The maximum absolute atomic E-state index is 6.21. The fourth-order valence-corrected chi connectivity index (χ4v) is 5.22. The Kier molecular flexibility index (Phi) is 4.70. The number of piperidine rings is 1. The van der Waals surface area contributed by atoms with Crippen LogP contribution in [0.3, 0.4) is 0 Å². The van der Waals surface area contributed by atoms with E-state index in [1.165, 1.54) is 22.5 Å². The molecule has 0 saturated carbocycles. The lowest BCUT2D eigenvalue weighted by atomic mass is 9.79. The van der Waals surface area contributed by atoms with Crippen molar-refractivity contribution in [3.8, 4) is 0 Å². The second-order valence-electron chi connectivity index (χ2n) is 9.40. The molecule has 2 fully saturated rings. The highest BCUT2D eigenvalue weighted by Gasteiger charge is 2.51. The van der Waals surface area contributed by atoms with Gasteiger partial charge in [-0.1, -0.05) is 6.07 Å². The standard InChI is InChI=1S/C21H31BN2O2S/c1-13-10-15(11-14(2)24(13)7)19-23-17-12-16(8-9-18(17)27-19)22-25-20(3,4)21(5,6)26-22/h8-9,12-15H,10-11H2,1-7H3. The summed E-state index contributed by atoms with van der Waals surface area (Å²) in [5, 5.41) is 1.28. The van der Waals surface area contributed by atoms with Crippen LogP contribution in [0, 0.1) is 0 Å². The van der Waals surface area contributed by atoms with Gasteiger partial charge in [0.15, 0.2) is 0 Å². The zero-order chi connectivity index (χ0) is 19.6. The smallest absolute Gasteiger partial charge is 0.399 e. The first kappa shape index (κ1) is 19.4. The van der Waals surface area contributed by atoms with Crippen LogP contribution in [0.2, 0.25) is 0 Å². The van der Waals surface area contributed by atoms with Crippen molar-refractivity contribution in [1.82, 2.24) is 9.88 Å². The minimum atomic E-state index is -0.326. The zero-order valence-corrected chi connectivity index (χ0v) is 18.4. The van der Waals surface area contributed by atoms with E-state index in [0.29, 0.717) is 18.0 Å². The number of likely N-dealkylation sites (tertiary alicyclic amines) is 1. The van der Waals surface area contributed by atoms with Crippen LogP contribution in [0.1, 0.15) is 65.3 Å². The Labute approximate surface area is 167 Å². The van der Waals surface area contributed by atoms with Gasteiger partial charge in [-0.2, -0.15) is 0 Å². The van der Waals surface area contributed by atoms with Gasteiger partial charge in [-0.05, 0) is 79.0 Å². The normalized spacial score (nSPS) is 30.9. The van der Waals surface area contributed by atoms with Crippen LogP contribution >= 0.6 is 11.3 Å². The SMILES string of the molecule is CC1CC(c2nc3cc(B4OC(C)(C)C(C)(C)O4)ccc3s2)CC(C)N1C. The van der Waals surface area contributed by atoms with Gasteiger partial charge in [0.05, 0.1) is 26.4 Å². The molecule has 0 amide bonds. The van der Waals surface area contributed by atoms with E-state index in [9.17, 15) is 0 Å². The lowest BCUT2D eigenvalue weighted by molar-refractivity contribution is 0.00578. The highest BCUT2D eigenvalue weighted by molar-refractivity contribution is 7.18. The van der Waals surface area contributed by atoms with Crippen molar-refractivity contribution in [2.75, 3.05) is 7.05 Å². The number of hydrogen-bond acceptors (Lipinski definition) is 5. The summed E-state index contributed by atoms with van der Waals surface area (Å²) in [6, 6.07) is 7.67. The minimum absolute atomic E-state index is 0.319. The van der Waals surface area contributed by atoms with Crippen LogP contribution in [-0.4, -0.2) is 47.3 Å². The first-order valence-corrected chi connectivity index (χ1v) is 10.9. The molecule has 2 saturated heterocycles. The first-order chi connectivity index (χ1) is 12.6. The molecule has 4 nitrogen and oxygen atoms in total. The molecule has 1 aromatic carbocycles. The van der Waals surface area contributed by atoms with Gasteiger partial charge < -0.3 is 14.2 Å². The molecule has 0 bridgehead atoms. The summed E-state index contributed by atoms with van der Waals surface area (Å²) in [7, 11) is 1.91. The topological polar surface area (TPSA) is 34.6 Å². The number of thiazole rings is 1. The van der Waals surface area contributed by atoms with Crippen LogP contribution in [-0.2, 0) is 9.31 Å². The van der Waals surface area contributed by atoms with E-state index in [1.807, 2.05) is 11.3 Å². The molecule has 1 aromatic heterocycles. The molecule has 0 spiro atoms. The van der Waals surface area contributed by atoms with E-state index in [-0.39, 0.29) is 18.3 Å². The van der Waals surface area contributed by atoms with Crippen molar-refractivity contribution >= 4 is 34.1 Å². The molecular weight excluding hydrogens is 355 g/mol. The van der Waals surface area contributed by atoms with E-state index in [1.54, 1.807) is 0 Å². The second-order valence-corrected chi connectivity index (χ2v) is 10.5. The molecule has 2 unspecified atom stereocenters. The van der Waals surface area contributed by atoms with Gasteiger partial charge in [-0.15, -0.1) is 11.3 Å². The highest BCUT2D eigenvalue weighted by atomic mass is 32.1. The molecule has 27 heavy (non-hydrogen) atoms. The lowest BCUT2D eigenvalue weighted by Gasteiger charge is -2.39. The van der Waals surface area contributed by atoms with Crippen LogP contribution in [0.25, 0.3) is 10.2 Å². The summed E-state index contributed by atoms with van der Waals surface area (Å²) in [5.74, 6) is 0.559. The molecule has 2 aromatic rings. The Hall–Kier alpha value is -0.945. The number of fused-ring (bicyclic) bond motifs is 1. The maximum atomic E-state index is 6.21. The van der Waals surface area contributed by atoms with E-state index >= 15 is 0 Å². The predicted molar refractivity (Wildman–Crippen MR) is 114 cm³/mol. The van der Waals surface area contributed by atoms with Crippen LogP contribution in [0.15, 0.2) is 18.2 Å². The van der Waals surface area contributed by atoms with Gasteiger partial charge in [0.25, 0.3) is 0 Å². The average molecular weight is 386 g/mol. The van der Waals surface area contributed by atoms with E-state index in [2.05, 4.69) is 71.7 Å². The third-order valence-corrected chi connectivity index (χ3v) is 8.14. The summed E-state index contributed by atoms with van der Waals surface area (Å²) in [6.45, 7) is 13.0. The van der Waals surface area contributed by atoms with Crippen molar-refractivity contribution in [2.45, 2.75) is 83.6 Å². The Morgan fingerprint density at radius 2 is 1.67 bits per heavy atom. The van der Waals surface area contributed by atoms with Crippen LogP contribution in [0.5, 0.6) is 0 Å². The molecule has 4 rings (SSSR count). The summed E-state index contributed by atoms with van der Waals surface area (Å²) in [5.41, 5.74) is 1.49. The monoisotopic (exact) mass is 386 g/mol. The number of aromatic nitrogens is 1. The van der Waals surface area contributed by atoms with E-state index in [4.69, 9.17) is 14.3 Å². The predicted octanol–water partition coefficient (Wildman–Crippen LogP) is 4.18. The molecule has 6 heteroatoms. The molecule has 2 atom stereocenters. The van der Waals surface area contributed by atoms with Crippen molar-refractivity contribution in [3.63, 3.8) is 0 Å². The lowest BCUT2D eigenvalue weighted by Crippen LogP contribution is -2.43. The average Bonchev–Trinajstić information content (AvgIpc) is 3.09. The van der Waals surface area contributed by atoms with Gasteiger partial charge in [0.2, 0.25) is 0 Å². The summed E-state index contributed by atoms with van der Waals surface area (Å²) in [4.78, 5) is 7.51. The van der Waals surface area contributed by atoms with Crippen molar-refractivity contribution in [1.29, 1.82) is 0 Å². The number of nitrogens with zero attached hydrogens (tertiary/aromatic N) is 2. The van der Waals surface area contributed by atoms with Crippen molar-refractivity contribution in [3.05, 3.63) is 23.2 Å². The van der Waals surface area contributed by atoms with Crippen molar-refractivity contribution < 1.29 is 9.31 Å². The number of rotatable bonds is 2. The molecule has 0 N–H and O–H groups in total. The Morgan fingerprint density at radius 1 is 1.07 bits per heavy atom. The van der Waals surface area contributed by atoms with E-state index in [0.717, 1.165) is 11.0 Å². The summed E-state index contributed by atoms with van der Waals surface area (Å²) in [6.07, 6.45) is 2.37. The van der Waals surface area contributed by atoms with Gasteiger partial charge in [0, 0.05) is 18.0 Å². The number of benzene rings is 1. The molecule has 0 aliphatic carbocycles. The molecule has 2 aliphatic heterocycles. The third kappa shape index (κ3) is 3.35.